The molecule has 0 unspecified atom stereocenters. The predicted octanol–water partition coefficient (Wildman–Crippen LogP) is 1.81. The Hall–Kier alpha value is -1.69. The van der Waals surface area contributed by atoms with Gasteiger partial charge in [-0.25, -0.2) is 0 Å². The van der Waals surface area contributed by atoms with Gasteiger partial charge in [0, 0.05) is 16.4 Å². The van der Waals surface area contributed by atoms with Gasteiger partial charge in [-0.3, -0.25) is 14.3 Å². The second kappa shape index (κ2) is 4.89. The summed E-state index contributed by atoms with van der Waals surface area (Å²) in [6.45, 7) is 2.46. The van der Waals surface area contributed by atoms with Crippen molar-refractivity contribution < 1.29 is 9.90 Å². The summed E-state index contributed by atoms with van der Waals surface area (Å²) in [5, 5.41) is 13.4. The number of hydrogen-bond donors (Lipinski definition) is 1. The third kappa shape index (κ3) is 2.28. The molecule has 0 amide bonds. The number of nitrogens with zero attached hydrogens (tertiary/aromatic N) is 2. The molecule has 0 atom stereocenters. The minimum Gasteiger partial charge on any atom is -0.481 e. The number of fused-ring (bicyclic) bond motifs is 1. The van der Waals surface area contributed by atoms with E-state index in [1.165, 1.54) is 0 Å². The molecule has 0 saturated carbocycles. The molecule has 1 aromatic carbocycles. The van der Waals surface area contributed by atoms with E-state index in [0.29, 0.717) is 17.4 Å². The number of halogens is 1. The van der Waals surface area contributed by atoms with Gasteiger partial charge in [-0.2, -0.15) is 5.10 Å². The SMILES string of the molecule is CCn1nc(CC(=O)O)c(=O)c2ccc(Br)cc21. The first-order valence-electron chi connectivity index (χ1n) is 5.44. The third-order valence-electron chi connectivity index (χ3n) is 2.60. The molecule has 0 spiro atoms. The van der Waals surface area contributed by atoms with E-state index in [1.54, 1.807) is 22.9 Å². The minimum absolute atomic E-state index is 0.0687. The van der Waals surface area contributed by atoms with E-state index in [2.05, 4.69) is 21.0 Å². The van der Waals surface area contributed by atoms with Crippen LogP contribution >= 0.6 is 15.9 Å². The molecule has 1 heterocycles. The number of aryl methyl sites for hydroxylation is 1. The molecule has 1 aromatic heterocycles. The molecule has 0 aliphatic rings. The molecule has 0 saturated heterocycles. The van der Waals surface area contributed by atoms with Crippen LogP contribution in [0, 0.1) is 0 Å². The zero-order valence-electron chi connectivity index (χ0n) is 9.68. The van der Waals surface area contributed by atoms with Crippen LogP contribution in [0.25, 0.3) is 10.9 Å². The summed E-state index contributed by atoms with van der Waals surface area (Å²) < 4.78 is 2.49. The lowest BCUT2D eigenvalue weighted by molar-refractivity contribution is -0.136. The van der Waals surface area contributed by atoms with Crippen molar-refractivity contribution in [2.45, 2.75) is 19.9 Å². The van der Waals surface area contributed by atoms with Gasteiger partial charge in [0.1, 0.15) is 5.69 Å². The van der Waals surface area contributed by atoms with E-state index in [0.717, 1.165) is 4.47 Å². The summed E-state index contributed by atoms with van der Waals surface area (Å²) in [7, 11) is 0. The molecule has 0 bridgehead atoms. The van der Waals surface area contributed by atoms with Crippen LogP contribution in [0.5, 0.6) is 0 Å². The lowest BCUT2D eigenvalue weighted by Gasteiger charge is -2.09. The molecule has 1 N–H and O–H groups in total. The van der Waals surface area contributed by atoms with Crippen LogP contribution in [-0.4, -0.2) is 20.9 Å². The molecular weight excluding hydrogens is 300 g/mol. The zero-order chi connectivity index (χ0) is 13.3. The minimum atomic E-state index is -1.06. The summed E-state index contributed by atoms with van der Waals surface area (Å²) in [6.07, 6.45) is -0.356. The Labute approximate surface area is 111 Å². The molecule has 18 heavy (non-hydrogen) atoms. The van der Waals surface area contributed by atoms with Crippen molar-refractivity contribution in [3.63, 3.8) is 0 Å². The van der Waals surface area contributed by atoms with Crippen molar-refractivity contribution in [3.05, 3.63) is 38.6 Å². The van der Waals surface area contributed by atoms with Gasteiger partial charge in [0.05, 0.1) is 11.9 Å². The van der Waals surface area contributed by atoms with Gasteiger partial charge in [0.2, 0.25) is 5.43 Å². The van der Waals surface area contributed by atoms with Crippen molar-refractivity contribution in [1.29, 1.82) is 0 Å². The van der Waals surface area contributed by atoms with Crippen LogP contribution < -0.4 is 5.43 Å². The molecule has 5 nitrogen and oxygen atoms in total. The fraction of sp³-hybridized carbons (Fsp3) is 0.250. The van der Waals surface area contributed by atoms with Gasteiger partial charge < -0.3 is 5.11 Å². The fourth-order valence-electron chi connectivity index (χ4n) is 1.81. The molecular formula is C12H11BrN2O3. The Morgan fingerprint density at radius 2 is 2.22 bits per heavy atom. The molecule has 0 radical (unpaired) electrons. The molecule has 0 aliphatic carbocycles. The molecule has 6 heteroatoms. The highest BCUT2D eigenvalue weighted by atomic mass is 79.9. The monoisotopic (exact) mass is 310 g/mol. The fourth-order valence-corrected chi connectivity index (χ4v) is 2.16. The molecule has 94 valence electrons. The Bertz CT molecular complexity index is 679. The highest BCUT2D eigenvalue weighted by molar-refractivity contribution is 9.10. The van der Waals surface area contributed by atoms with E-state index in [-0.39, 0.29) is 17.5 Å². The van der Waals surface area contributed by atoms with E-state index < -0.39 is 5.97 Å². The topological polar surface area (TPSA) is 72.2 Å². The van der Waals surface area contributed by atoms with Crippen molar-refractivity contribution >= 4 is 32.8 Å². The summed E-state index contributed by atoms with van der Waals surface area (Å²) >= 11 is 3.34. The van der Waals surface area contributed by atoms with Crippen LogP contribution in [0.3, 0.4) is 0 Å². The number of rotatable bonds is 3. The second-order valence-corrected chi connectivity index (χ2v) is 4.74. The van der Waals surface area contributed by atoms with Crippen LogP contribution in [-0.2, 0) is 17.8 Å². The number of hydrogen-bond acceptors (Lipinski definition) is 3. The summed E-state index contributed by atoms with van der Waals surface area (Å²) in [5.74, 6) is -1.06. The number of aromatic nitrogens is 2. The van der Waals surface area contributed by atoms with E-state index in [4.69, 9.17) is 5.11 Å². The number of carbonyl (C=O) groups is 1. The quantitative estimate of drug-likeness (QED) is 0.938. The lowest BCUT2D eigenvalue weighted by atomic mass is 10.1. The highest BCUT2D eigenvalue weighted by Gasteiger charge is 2.13. The molecule has 0 aliphatic heterocycles. The second-order valence-electron chi connectivity index (χ2n) is 3.82. The summed E-state index contributed by atoms with van der Waals surface area (Å²) in [4.78, 5) is 22.8. The first-order chi connectivity index (χ1) is 8.52. The van der Waals surface area contributed by atoms with Gasteiger partial charge in [0.15, 0.2) is 0 Å². The Morgan fingerprint density at radius 1 is 1.50 bits per heavy atom. The van der Waals surface area contributed by atoms with Crippen molar-refractivity contribution in [2.75, 3.05) is 0 Å². The first-order valence-corrected chi connectivity index (χ1v) is 6.23. The number of carboxylic acid groups (broad SMARTS) is 1. The van der Waals surface area contributed by atoms with Gasteiger partial charge in [-0.05, 0) is 25.1 Å². The summed E-state index contributed by atoms with van der Waals surface area (Å²) in [5.41, 5.74) is 0.454. The Morgan fingerprint density at radius 3 is 2.83 bits per heavy atom. The molecule has 2 aromatic rings. The molecule has 2 rings (SSSR count). The van der Waals surface area contributed by atoms with E-state index in [1.807, 2.05) is 6.92 Å². The molecule has 0 fully saturated rings. The van der Waals surface area contributed by atoms with Gasteiger partial charge >= 0.3 is 5.97 Å². The average Bonchev–Trinajstić information content (AvgIpc) is 2.32. The van der Waals surface area contributed by atoms with Gasteiger partial charge in [-0.1, -0.05) is 15.9 Å². The Balaban J connectivity index is 2.78. The normalized spacial score (nSPS) is 10.8. The first kappa shape index (κ1) is 12.8. The average molecular weight is 311 g/mol. The van der Waals surface area contributed by atoms with Gasteiger partial charge in [0.25, 0.3) is 0 Å². The van der Waals surface area contributed by atoms with Crippen molar-refractivity contribution in [1.82, 2.24) is 9.78 Å². The maximum atomic E-state index is 12.1. The predicted molar refractivity (Wildman–Crippen MR) is 70.7 cm³/mol. The highest BCUT2D eigenvalue weighted by Crippen LogP contribution is 2.17. The van der Waals surface area contributed by atoms with Crippen molar-refractivity contribution in [3.8, 4) is 0 Å². The summed E-state index contributed by atoms with van der Waals surface area (Å²) in [6, 6.07) is 5.24. The van der Waals surface area contributed by atoms with Gasteiger partial charge in [-0.15, -0.1) is 0 Å². The Kier molecular flexibility index (Phi) is 3.47. The number of benzene rings is 1. The smallest absolute Gasteiger partial charge is 0.309 e. The number of carboxylic acids is 1. The van der Waals surface area contributed by atoms with E-state index >= 15 is 0 Å². The standard InChI is InChI=1S/C12H11BrN2O3/c1-2-15-10-5-7(13)3-4-8(10)12(18)9(14-15)6-11(16)17/h3-5H,2,6H2,1H3,(H,16,17). The maximum absolute atomic E-state index is 12.1. The number of aliphatic carboxylic acids is 1. The zero-order valence-corrected chi connectivity index (χ0v) is 11.3. The van der Waals surface area contributed by atoms with Crippen LogP contribution in [0.2, 0.25) is 0 Å². The van der Waals surface area contributed by atoms with Crippen LogP contribution in [0.15, 0.2) is 27.5 Å². The van der Waals surface area contributed by atoms with Crippen LogP contribution in [0.4, 0.5) is 0 Å². The van der Waals surface area contributed by atoms with E-state index in [9.17, 15) is 9.59 Å². The van der Waals surface area contributed by atoms with Crippen LogP contribution in [0.1, 0.15) is 12.6 Å². The third-order valence-corrected chi connectivity index (χ3v) is 3.10. The van der Waals surface area contributed by atoms with Crippen molar-refractivity contribution in [2.24, 2.45) is 0 Å². The maximum Gasteiger partial charge on any atom is 0.309 e. The lowest BCUT2D eigenvalue weighted by Crippen LogP contribution is -2.21. The largest absolute Gasteiger partial charge is 0.481 e.